The molecular formula is C28H38FN3O6Si. The summed E-state index contributed by atoms with van der Waals surface area (Å²) >= 11 is 0. The summed E-state index contributed by atoms with van der Waals surface area (Å²) in [5, 5.41) is 2.82. The number of esters is 1. The van der Waals surface area contributed by atoms with Gasteiger partial charge in [0.2, 0.25) is 0 Å². The van der Waals surface area contributed by atoms with Gasteiger partial charge in [0.05, 0.1) is 12.5 Å². The molecule has 0 fully saturated rings. The minimum absolute atomic E-state index is 0.181. The first-order valence-corrected chi connectivity index (χ1v) is 16.5. The number of fused-ring (bicyclic) bond motifs is 1. The van der Waals surface area contributed by atoms with E-state index in [1.807, 2.05) is 0 Å². The summed E-state index contributed by atoms with van der Waals surface area (Å²) in [5.74, 6) is -0.248. The summed E-state index contributed by atoms with van der Waals surface area (Å²) in [6, 6.07) is 8.62. The van der Waals surface area contributed by atoms with E-state index in [0.717, 1.165) is 11.6 Å². The lowest BCUT2D eigenvalue weighted by Crippen LogP contribution is -2.45. The molecule has 9 nitrogen and oxygen atoms in total. The van der Waals surface area contributed by atoms with E-state index in [-0.39, 0.29) is 18.5 Å². The van der Waals surface area contributed by atoms with E-state index in [2.05, 4.69) is 29.9 Å². The Morgan fingerprint density at radius 3 is 2.44 bits per heavy atom. The van der Waals surface area contributed by atoms with Gasteiger partial charge in [0.1, 0.15) is 35.5 Å². The van der Waals surface area contributed by atoms with Crippen molar-refractivity contribution in [2.24, 2.45) is 0 Å². The fourth-order valence-electron chi connectivity index (χ4n) is 3.70. The summed E-state index contributed by atoms with van der Waals surface area (Å²) in [4.78, 5) is 28.8. The number of carbonyl (C=O) groups excluding carboxylic acids is 2. The minimum atomic E-state index is -1.22. The molecule has 1 atom stereocenters. The maximum atomic E-state index is 14.9. The number of pyridine rings is 1. The molecule has 3 aromatic rings. The molecule has 2 aromatic heterocycles. The number of nitrogens with one attached hydrogen (secondary N) is 1. The number of amides is 1. The predicted octanol–water partition coefficient (Wildman–Crippen LogP) is 5.89. The third kappa shape index (κ3) is 9.07. The van der Waals surface area contributed by atoms with E-state index in [4.69, 9.17) is 18.9 Å². The molecule has 0 saturated carbocycles. The van der Waals surface area contributed by atoms with Gasteiger partial charge in [-0.05, 0) is 44.5 Å². The van der Waals surface area contributed by atoms with Crippen molar-refractivity contribution in [2.75, 3.05) is 13.7 Å². The Morgan fingerprint density at radius 2 is 1.82 bits per heavy atom. The standard InChI is InChI=1S/C28H38FN3O6Si/c1-28(2,3)38-27(34)31-22(26(33)35-4)16-19-8-10-20(11-9-19)37-23-12-13-30-25-24(23)21(29)17-32(25)18-36-14-15-39(5,6)7/h8-13,17,22H,14-16,18H2,1-7H3,(H,31,34)/t22-/m0/s1. The number of alkyl carbamates (subject to hydrolysis) is 1. The van der Waals surface area contributed by atoms with E-state index >= 15 is 0 Å². The summed E-state index contributed by atoms with van der Waals surface area (Å²) < 4.78 is 38.4. The fraction of sp³-hybridized carbons (Fsp3) is 0.464. The second-order valence-electron chi connectivity index (χ2n) is 11.5. The SMILES string of the molecule is COC(=O)[C@H](Cc1ccc(Oc2ccnc3c2c(F)cn3COCC[Si](C)(C)C)cc1)NC(=O)OC(C)(C)C. The summed E-state index contributed by atoms with van der Waals surface area (Å²) in [5.41, 5.74) is 0.480. The second kappa shape index (κ2) is 12.6. The van der Waals surface area contributed by atoms with Crippen molar-refractivity contribution in [3.8, 4) is 11.5 Å². The van der Waals surface area contributed by atoms with E-state index in [0.29, 0.717) is 23.8 Å². The monoisotopic (exact) mass is 559 g/mol. The number of nitrogens with zero attached hydrogens (tertiary/aromatic N) is 2. The van der Waals surface area contributed by atoms with Crippen LogP contribution in [0.2, 0.25) is 25.7 Å². The number of aromatic nitrogens is 2. The number of hydrogen-bond donors (Lipinski definition) is 1. The molecule has 1 aromatic carbocycles. The molecule has 0 unspecified atom stereocenters. The van der Waals surface area contributed by atoms with Crippen LogP contribution in [0.25, 0.3) is 11.0 Å². The van der Waals surface area contributed by atoms with Gasteiger partial charge < -0.3 is 28.8 Å². The summed E-state index contributed by atoms with van der Waals surface area (Å²) in [7, 11) is 0.0302. The Bertz CT molecular complexity index is 1280. The first-order chi connectivity index (χ1) is 18.3. The molecule has 0 aliphatic rings. The normalized spacial score (nSPS) is 12.7. The number of carbonyl (C=O) groups is 2. The van der Waals surface area contributed by atoms with E-state index in [1.165, 1.54) is 13.3 Å². The number of halogens is 1. The van der Waals surface area contributed by atoms with Crippen molar-refractivity contribution in [3.63, 3.8) is 0 Å². The Labute approximate surface area is 229 Å². The molecule has 1 amide bonds. The maximum absolute atomic E-state index is 14.9. The minimum Gasteiger partial charge on any atom is -0.467 e. The van der Waals surface area contributed by atoms with Crippen LogP contribution in [0.15, 0.2) is 42.7 Å². The molecule has 0 spiro atoms. The van der Waals surface area contributed by atoms with Crippen LogP contribution in [-0.4, -0.2) is 55.0 Å². The van der Waals surface area contributed by atoms with Gasteiger partial charge in [-0.25, -0.2) is 19.0 Å². The van der Waals surface area contributed by atoms with Crippen LogP contribution < -0.4 is 10.1 Å². The van der Waals surface area contributed by atoms with Crippen molar-refractivity contribution in [1.82, 2.24) is 14.9 Å². The average Bonchev–Trinajstić information content (AvgIpc) is 3.16. The number of rotatable bonds is 11. The van der Waals surface area contributed by atoms with Gasteiger partial charge in [0, 0.05) is 39.6 Å². The number of hydrogen-bond acceptors (Lipinski definition) is 7. The van der Waals surface area contributed by atoms with Crippen LogP contribution >= 0.6 is 0 Å². The molecule has 0 aliphatic heterocycles. The molecule has 212 valence electrons. The predicted molar refractivity (Wildman–Crippen MR) is 149 cm³/mol. The van der Waals surface area contributed by atoms with Crippen molar-refractivity contribution in [2.45, 2.75) is 71.3 Å². The molecule has 3 rings (SSSR count). The summed E-state index contributed by atoms with van der Waals surface area (Å²) in [6.07, 6.45) is 2.40. The maximum Gasteiger partial charge on any atom is 0.408 e. The lowest BCUT2D eigenvalue weighted by Gasteiger charge is -2.22. The van der Waals surface area contributed by atoms with Crippen molar-refractivity contribution < 1.29 is 32.9 Å². The molecule has 0 bridgehead atoms. The summed E-state index contributed by atoms with van der Waals surface area (Å²) in [6.45, 7) is 12.8. The van der Waals surface area contributed by atoms with Crippen LogP contribution in [0.4, 0.5) is 9.18 Å². The number of ether oxygens (including phenoxy) is 4. The largest absolute Gasteiger partial charge is 0.467 e. The smallest absolute Gasteiger partial charge is 0.408 e. The third-order valence-corrected chi connectivity index (χ3v) is 7.37. The molecule has 11 heteroatoms. The van der Waals surface area contributed by atoms with Gasteiger partial charge in [0.25, 0.3) is 0 Å². The molecule has 0 radical (unpaired) electrons. The second-order valence-corrected chi connectivity index (χ2v) is 17.1. The molecule has 2 heterocycles. The Morgan fingerprint density at radius 1 is 1.13 bits per heavy atom. The van der Waals surface area contributed by atoms with Crippen molar-refractivity contribution in [3.05, 3.63) is 54.1 Å². The zero-order chi connectivity index (χ0) is 28.8. The van der Waals surface area contributed by atoms with Gasteiger partial charge >= 0.3 is 12.1 Å². The number of methoxy groups -OCH3 is 1. The van der Waals surface area contributed by atoms with Crippen LogP contribution in [0.3, 0.4) is 0 Å². The van der Waals surface area contributed by atoms with Gasteiger partial charge in [-0.15, -0.1) is 0 Å². The van der Waals surface area contributed by atoms with E-state index in [9.17, 15) is 14.0 Å². The van der Waals surface area contributed by atoms with Crippen LogP contribution in [0.5, 0.6) is 11.5 Å². The quantitative estimate of drug-likeness (QED) is 0.178. The van der Waals surface area contributed by atoms with Crippen LogP contribution in [-0.2, 0) is 32.2 Å². The van der Waals surface area contributed by atoms with Gasteiger partial charge in [-0.3, -0.25) is 0 Å². The Hall–Kier alpha value is -3.44. The zero-order valence-electron chi connectivity index (χ0n) is 23.7. The van der Waals surface area contributed by atoms with Crippen molar-refractivity contribution >= 4 is 31.2 Å². The first-order valence-electron chi connectivity index (χ1n) is 12.8. The molecule has 1 N–H and O–H groups in total. The Kier molecular flexibility index (Phi) is 9.73. The van der Waals surface area contributed by atoms with E-state index in [1.54, 1.807) is 61.9 Å². The molecule has 0 aliphatic carbocycles. The third-order valence-electron chi connectivity index (χ3n) is 5.67. The van der Waals surface area contributed by atoms with Gasteiger partial charge in [-0.2, -0.15) is 0 Å². The zero-order valence-corrected chi connectivity index (χ0v) is 24.7. The van der Waals surface area contributed by atoms with Crippen molar-refractivity contribution in [1.29, 1.82) is 0 Å². The van der Waals surface area contributed by atoms with Crippen LogP contribution in [0, 0.1) is 5.82 Å². The lowest BCUT2D eigenvalue weighted by atomic mass is 10.1. The highest BCUT2D eigenvalue weighted by Gasteiger charge is 2.25. The Balaban J connectivity index is 1.70. The van der Waals surface area contributed by atoms with Gasteiger partial charge in [0.15, 0.2) is 5.82 Å². The van der Waals surface area contributed by atoms with Crippen LogP contribution in [0.1, 0.15) is 26.3 Å². The molecule has 0 saturated heterocycles. The fourth-order valence-corrected chi connectivity index (χ4v) is 4.46. The molecule has 39 heavy (non-hydrogen) atoms. The topological polar surface area (TPSA) is 101 Å². The average molecular weight is 560 g/mol. The number of benzene rings is 1. The highest BCUT2D eigenvalue weighted by Crippen LogP contribution is 2.32. The molecular weight excluding hydrogens is 521 g/mol. The lowest BCUT2D eigenvalue weighted by molar-refractivity contribution is -0.143. The highest BCUT2D eigenvalue weighted by molar-refractivity contribution is 6.76. The highest BCUT2D eigenvalue weighted by atomic mass is 28.3. The van der Waals surface area contributed by atoms with E-state index < -0.39 is 37.6 Å². The van der Waals surface area contributed by atoms with Gasteiger partial charge in [-0.1, -0.05) is 31.8 Å². The first kappa shape index (κ1) is 30.1.